The largest absolute Gasteiger partial charge is 0.312 e. The molecule has 0 aromatic heterocycles. The van der Waals surface area contributed by atoms with Crippen molar-refractivity contribution < 1.29 is 0 Å². The molecule has 18 heavy (non-hydrogen) atoms. The first kappa shape index (κ1) is 14.5. The van der Waals surface area contributed by atoms with Crippen molar-refractivity contribution in [2.24, 2.45) is 16.8 Å². The average Bonchev–Trinajstić information content (AvgIpc) is 2.35. The van der Waals surface area contributed by atoms with E-state index in [0.717, 1.165) is 24.7 Å². The summed E-state index contributed by atoms with van der Waals surface area (Å²) >= 11 is 0. The van der Waals surface area contributed by atoms with Gasteiger partial charge in [-0.3, -0.25) is 10.4 Å². The van der Waals surface area contributed by atoms with Crippen LogP contribution in [0.1, 0.15) is 26.3 Å². The summed E-state index contributed by atoms with van der Waals surface area (Å²) in [6.45, 7) is 10.1. The number of benzene rings is 1. The molecule has 0 aliphatic heterocycles. The minimum Gasteiger partial charge on any atom is -0.312 e. The van der Waals surface area contributed by atoms with Crippen molar-refractivity contribution in [1.82, 2.24) is 5.43 Å². The maximum Gasteiger partial charge on any atom is 0.212 e. The number of guanidine groups is 1. The molecule has 0 fully saturated rings. The molecule has 0 amide bonds. The predicted molar refractivity (Wildman–Crippen MR) is 78.7 cm³/mol. The zero-order chi connectivity index (χ0) is 13.5. The molecule has 0 saturated carbocycles. The molecule has 1 rings (SSSR count). The summed E-state index contributed by atoms with van der Waals surface area (Å²) in [6.07, 6.45) is 0. The van der Waals surface area contributed by atoms with Crippen LogP contribution >= 0.6 is 0 Å². The Morgan fingerprint density at radius 3 is 2.56 bits per heavy atom. The van der Waals surface area contributed by atoms with Crippen molar-refractivity contribution in [2.45, 2.75) is 27.7 Å². The molecule has 0 radical (unpaired) electrons. The molecule has 100 valence electrons. The van der Waals surface area contributed by atoms with Crippen LogP contribution in [0, 0.1) is 12.8 Å². The van der Waals surface area contributed by atoms with Gasteiger partial charge in [-0.25, -0.2) is 5.84 Å². The number of nitrogens with one attached hydrogen (secondary N) is 1. The van der Waals surface area contributed by atoms with Gasteiger partial charge in [0.05, 0.1) is 0 Å². The molecule has 0 heterocycles. The number of nitrogens with two attached hydrogens (primary N) is 1. The van der Waals surface area contributed by atoms with Gasteiger partial charge in [-0.15, -0.1) is 0 Å². The fraction of sp³-hybridized carbons (Fsp3) is 0.500. The summed E-state index contributed by atoms with van der Waals surface area (Å²) in [4.78, 5) is 6.63. The number of hydrazine groups is 1. The second-order valence-electron chi connectivity index (χ2n) is 4.73. The Labute approximate surface area is 110 Å². The first-order valence-electron chi connectivity index (χ1n) is 6.44. The van der Waals surface area contributed by atoms with E-state index in [1.165, 1.54) is 5.56 Å². The quantitative estimate of drug-likeness (QED) is 0.372. The summed E-state index contributed by atoms with van der Waals surface area (Å²) in [7, 11) is 0. The molecule has 1 aromatic rings. The van der Waals surface area contributed by atoms with Gasteiger partial charge in [0.15, 0.2) is 0 Å². The van der Waals surface area contributed by atoms with Gasteiger partial charge in [-0.2, -0.15) is 0 Å². The van der Waals surface area contributed by atoms with Crippen LogP contribution in [-0.2, 0) is 0 Å². The lowest BCUT2D eigenvalue weighted by Gasteiger charge is -2.26. The van der Waals surface area contributed by atoms with E-state index in [1.807, 2.05) is 12.1 Å². The molecular formula is C14H24N4. The Hall–Kier alpha value is -1.55. The van der Waals surface area contributed by atoms with Gasteiger partial charge >= 0.3 is 0 Å². The van der Waals surface area contributed by atoms with Crippen molar-refractivity contribution in [2.75, 3.05) is 18.0 Å². The summed E-state index contributed by atoms with van der Waals surface area (Å²) in [5, 5.41) is 0. The van der Waals surface area contributed by atoms with E-state index in [4.69, 9.17) is 5.84 Å². The number of hydrogen-bond acceptors (Lipinski definition) is 2. The van der Waals surface area contributed by atoms with Gasteiger partial charge in [0.25, 0.3) is 0 Å². The number of para-hydroxylation sites is 1. The van der Waals surface area contributed by atoms with E-state index >= 15 is 0 Å². The van der Waals surface area contributed by atoms with E-state index in [0.29, 0.717) is 5.92 Å². The zero-order valence-corrected chi connectivity index (χ0v) is 11.8. The van der Waals surface area contributed by atoms with E-state index < -0.39 is 0 Å². The van der Waals surface area contributed by atoms with Gasteiger partial charge in [0.2, 0.25) is 5.96 Å². The number of anilines is 1. The Morgan fingerprint density at radius 1 is 1.39 bits per heavy atom. The van der Waals surface area contributed by atoms with Gasteiger partial charge in [0, 0.05) is 18.8 Å². The molecule has 3 N–H and O–H groups in total. The summed E-state index contributed by atoms with van der Waals surface area (Å²) < 4.78 is 0. The molecule has 0 atom stereocenters. The number of rotatable bonds is 4. The smallest absolute Gasteiger partial charge is 0.212 e. The van der Waals surface area contributed by atoms with Gasteiger partial charge in [-0.05, 0) is 31.4 Å². The minimum absolute atomic E-state index is 0.518. The number of aryl methyl sites for hydroxylation is 1. The van der Waals surface area contributed by atoms with Crippen LogP contribution in [-0.4, -0.2) is 19.0 Å². The normalized spacial score (nSPS) is 11.8. The lowest BCUT2D eigenvalue weighted by Crippen LogP contribution is -2.45. The van der Waals surface area contributed by atoms with E-state index in [-0.39, 0.29) is 0 Å². The third-order valence-electron chi connectivity index (χ3n) is 2.71. The Balaban J connectivity index is 3.00. The fourth-order valence-corrected chi connectivity index (χ4v) is 1.78. The Bertz CT molecular complexity index is 399. The van der Waals surface area contributed by atoms with Crippen molar-refractivity contribution in [3.63, 3.8) is 0 Å². The lowest BCUT2D eigenvalue weighted by molar-refractivity contribution is 0.660. The number of aliphatic imine (C=N–C) groups is 1. The van der Waals surface area contributed by atoms with Crippen molar-refractivity contribution in [1.29, 1.82) is 0 Å². The van der Waals surface area contributed by atoms with Gasteiger partial charge < -0.3 is 4.90 Å². The topological polar surface area (TPSA) is 53.6 Å². The molecule has 1 aromatic carbocycles. The highest BCUT2D eigenvalue weighted by Gasteiger charge is 2.12. The number of hydrogen-bond donors (Lipinski definition) is 2. The number of nitrogens with zero attached hydrogens (tertiary/aromatic N) is 2. The Morgan fingerprint density at radius 2 is 2.06 bits per heavy atom. The van der Waals surface area contributed by atoms with Crippen molar-refractivity contribution >= 4 is 11.6 Å². The second-order valence-corrected chi connectivity index (χ2v) is 4.73. The molecule has 0 aliphatic carbocycles. The molecule has 0 aliphatic rings. The van der Waals surface area contributed by atoms with E-state index in [2.05, 4.69) is 55.1 Å². The molecule has 4 heteroatoms. The van der Waals surface area contributed by atoms with Crippen molar-refractivity contribution in [3.05, 3.63) is 29.8 Å². The standard InChI is InChI=1S/C14H24N4/c1-5-18(13-9-7-6-8-12(13)4)14(17-15)16-10-11(2)3/h6-9,11H,5,10,15H2,1-4H3,(H,16,17). The third-order valence-corrected chi connectivity index (χ3v) is 2.71. The monoisotopic (exact) mass is 248 g/mol. The third kappa shape index (κ3) is 3.74. The van der Waals surface area contributed by atoms with E-state index in [1.54, 1.807) is 0 Å². The van der Waals surface area contributed by atoms with Crippen LogP contribution in [0.15, 0.2) is 29.3 Å². The summed E-state index contributed by atoms with van der Waals surface area (Å²) in [6, 6.07) is 8.24. The fourth-order valence-electron chi connectivity index (χ4n) is 1.78. The van der Waals surface area contributed by atoms with Crippen LogP contribution in [0.3, 0.4) is 0 Å². The van der Waals surface area contributed by atoms with Gasteiger partial charge in [0.1, 0.15) is 0 Å². The highest BCUT2D eigenvalue weighted by Crippen LogP contribution is 2.19. The SMILES string of the molecule is CCN(C(=NCC(C)C)NN)c1ccccc1C. The van der Waals surface area contributed by atoms with Crippen LogP contribution in [0.2, 0.25) is 0 Å². The van der Waals surface area contributed by atoms with Crippen LogP contribution in [0.4, 0.5) is 5.69 Å². The molecular weight excluding hydrogens is 224 g/mol. The zero-order valence-electron chi connectivity index (χ0n) is 11.8. The first-order chi connectivity index (χ1) is 8.60. The molecule has 0 spiro atoms. The summed E-state index contributed by atoms with van der Waals surface area (Å²) in [5.41, 5.74) is 5.06. The minimum atomic E-state index is 0.518. The average molecular weight is 248 g/mol. The molecule has 4 nitrogen and oxygen atoms in total. The highest BCUT2D eigenvalue weighted by molar-refractivity contribution is 5.96. The maximum absolute atomic E-state index is 5.60. The van der Waals surface area contributed by atoms with Gasteiger partial charge in [-0.1, -0.05) is 32.0 Å². The molecule has 0 unspecified atom stereocenters. The molecule has 0 saturated heterocycles. The van der Waals surface area contributed by atoms with Crippen LogP contribution in [0.25, 0.3) is 0 Å². The highest BCUT2D eigenvalue weighted by atomic mass is 15.4. The van der Waals surface area contributed by atoms with Crippen LogP contribution < -0.4 is 16.2 Å². The van der Waals surface area contributed by atoms with Crippen molar-refractivity contribution in [3.8, 4) is 0 Å². The van der Waals surface area contributed by atoms with E-state index in [9.17, 15) is 0 Å². The summed E-state index contributed by atoms with van der Waals surface area (Å²) in [5.74, 6) is 6.84. The van der Waals surface area contributed by atoms with Crippen LogP contribution in [0.5, 0.6) is 0 Å². The Kier molecular flexibility index (Phi) is 5.65. The predicted octanol–water partition coefficient (Wildman–Crippen LogP) is 2.30. The first-order valence-corrected chi connectivity index (χ1v) is 6.44. The lowest BCUT2D eigenvalue weighted by atomic mass is 10.2. The molecule has 0 bridgehead atoms. The maximum atomic E-state index is 5.60. The second kappa shape index (κ2) is 7.01.